The quantitative estimate of drug-likeness (QED) is 0.572. The molecule has 1 rings (SSSR count). The van der Waals surface area contributed by atoms with Crippen LogP contribution in [0.3, 0.4) is 0 Å². The number of ether oxygens (including phenoxy) is 1. The minimum absolute atomic E-state index is 0.00253. The van der Waals surface area contributed by atoms with Crippen LogP contribution in [0.1, 0.15) is 33.6 Å². The number of carbonyl (C=O) groups excluding carboxylic acids is 1. The van der Waals surface area contributed by atoms with Gasteiger partial charge >= 0.3 is 5.97 Å². The molecule has 0 fully saturated rings. The maximum Gasteiger partial charge on any atom is 0.330 e. The molecule has 1 atom stereocenters. The van der Waals surface area contributed by atoms with E-state index in [1.54, 1.807) is 0 Å². The Morgan fingerprint density at radius 2 is 2.12 bits per heavy atom. The summed E-state index contributed by atoms with van der Waals surface area (Å²) in [5.74, 6) is -0.228. The Morgan fingerprint density at radius 1 is 1.47 bits per heavy atom. The summed E-state index contributed by atoms with van der Waals surface area (Å²) in [6.07, 6.45) is 4.97. The van der Waals surface area contributed by atoms with Crippen molar-refractivity contribution in [1.82, 2.24) is 0 Å². The Kier molecular flexibility index (Phi) is 4.55. The van der Waals surface area contributed by atoms with Gasteiger partial charge in [0.1, 0.15) is 6.10 Å². The van der Waals surface area contributed by atoms with E-state index < -0.39 is 8.32 Å². The first-order valence-corrected chi connectivity index (χ1v) is 9.14. The molecule has 0 bridgehead atoms. The van der Waals surface area contributed by atoms with Gasteiger partial charge in [-0.25, -0.2) is 4.79 Å². The van der Waals surface area contributed by atoms with Crippen LogP contribution in [0.15, 0.2) is 12.2 Å². The van der Waals surface area contributed by atoms with Gasteiger partial charge in [0.25, 0.3) is 0 Å². The summed E-state index contributed by atoms with van der Waals surface area (Å²) in [6, 6.07) is 0. The van der Waals surface area contributed by atoms with E-state index in [2.05, 4.69) is 33.9 Å². The molecule has 4 heteroatoms. The maximum atomic E-state index is 11.1. The predicted octanol–water partition coefficient (Wildman–Crippen LogP) is 3.27. The SMILES string of the molecule is CC(C)(C)[Si](C)(C)OCC[C@@H]1CC=CC(=O)O1. The second kappa shape index (κ2) is 5.36. The van der Waals surface area contributed by atoms with Gasteiger partial charge < -0.3 is 9.16 Å². The monoisotopic (exact) mass is 256 g/mol. The molecule has 0 saturated heterocycles. The largest absolute Gasteiger partial charge is 0.459 e. The third kappa shape index (κ3) is 4.28. The van der Waals surface area contributed by atoms with E-state index in [0.717, 1.165) is 12.8 Å². The van der Waals surface area contributed by atoms with E-state index in [-0.39, 0.29) is 17.1 Å². The van der Waals surface area contributed by atoms with Crippen LogP contribution >= 0.6 is 0 Å². The minimum Gasteiger partial charge on any atom is -0.459 e. The fourth-order valence-electron chi connectivity index (χ4n) is 1.41. The number of hydrogen-bond donors (Lipinski definition) is 0. The van der Waals surface area contributed by atoms with E-state index in [0.29, 0.717) is 6.61 Å². The van der Waals surface area contributed by atoms with Gasteiger partial charge in [-0.15, -0.1) is 0 Å². The highest BCUT2D eigenvalue weighted by atomic mass is 28.4. The van der Waals surface area contributed by atoms with Gasteiger partial charge in [0.05, 0.1) is 0 Å². The topological polar surface area (TPSA) is 35.5 Å². The van der Waals surface area contributed by atoms with Crippen molar-refractivity contribution < 1.29 is 14.0 Å². The second-order valence-electron chi connectivity index (χ2n) is 6.09. The van der Waals surface area contributed by atoms with E-state index in [4.69, 9.17) is 9.16 Å². The first kappa shape index (κ1) is 14.4. The molecule has 0 spiro atoms. The van der Waals surface area contributed by atoms with Crippen LogP contribution < -0.4 is 0 Å². The van der Waals surface area contributed by atoms with Crippen molar-refractivity contribution in [2.45, 2.75) is 57.8 Å². The molecule has 0 aliphatic carbocycles. The molecule has 0 aromatic heterocycles. The maximum absolute atomic E-state index is 11.1. The van der Waals surface area contributed by atoms with Crippen LogP contribution in [-0.2, 0) is 14.0 Å². The number of carbonyl (C=O) groups is 1. The van der Waals surface area contributed by atoms with Gasteiger partial charge in [0.2, 0.25) is 0 Å². The van der Waals surface area contributed by atoms with Crippen LogP contribution in [0.25, 0.3) is 0 Å². The summed E-state index contributed by atoms with van der Waals surface area (Å²) in [7, 11) is -1.66. The van der Waals surface area contributed by atoms with Crippen molar-refractivity contribution in [3.63, 3.8) is 0 Å². The lowest BCUT2D eigenvalue weighted by molar-refractivity contribution is -0.144. The van der Waals surface area contributed by atoms with E-state index in [9.17, 15) is 4.79 Å². The van der Waals surface area contributed by atoms with E-state index >= 15 is 0 Å². The average molecular weight is 256 g/mol. The van der Waals surface area contributed by atoms with Gasteiger partial charge in [-0.3, -0.25) is 0 Å². The molecule has 0 radical (unpaired) electrons. The van der Waals surface area contributed by atoms with E-state index in [1.807, 2.05) is 6.08 Å². The lowest BCUT2D eigenvalue weighted by Gasteiger charge is -2.36. The molecule has 0 saturated carbocycles. The molecular weight excluding hydrogens is 232 g/mol. The van der Waals surface area contributed by atoms with Crippen LogP contribution in [0.2, 0.25) is 18.1 Å². The van der Waals surface area contributed by atoms with Gasteiger partial charge in [0, 0.05) is 25.5 Å². The number of hydrogen-bond acceptors (Lipinski definition) is 3. The molecule has 0 aromatic rings. The predicted molar refractivity (Wildman–Crippen MR) is 71.4 cm³/mol. The van der Waals surface area contributed by atoms with Gasteiger partial charge in [0.15, 0.2) is 8.32 Å². The number of rotatable bonds is 4. The van der Waals surface area contributed by atoms with Gasteiger partial charge in [-0.2, -0.15) is 0 Å². The molecule has 3 nitrogen and oxygen atoms in total. The zero-order valence-corrected chi connectivity index (χ0v) is 12.6. The zero-order chi connectivity index (χ0) is 13.1. The second-order valence-corrected chi connectivity index (χ2v) is 10.9. The minimum atomic E-state index is -1.66. The van der Waals surface area contributed by atoms with E-state index in [1.165, 1.54) is 6.08 Å². The summed E-state index contributed by atoms with van der Waals surface area (Å²) < 4.78 is 11.3. The van der Waals surface area contributed by atoms with Crippen molar-refractivity contribution in [3.05, 3.63) is 12.2 Å². The molecule has 1 heterocycles. The zero-order valence-electron chi connectivity index (χ0n) is 11.6. The molecule has 98 valence electrons. The van der Waals surface area contributed by atoms with Crippen molar-refractivity contribution in [2.75, 3.05) is 6.61 Å². The number of esters is 1. The number of cyclic esters (lactones) is 1. The van der Waals surface area contributed by atoms with Crippen LogP contribution in [-0.4, -0.2) is 27.0 Å². The van der Waals surface area contributed by atoms with Crippen molar-refractivity contribution in [1.29, 1.82) is 0 Å². The highest BCUT2D eigenvalue weighted by molar-refractivity contribution is 6.74. The van der Waals surface area contributed by atoms with Gasteiger partial charge in [-0.1, -0.05) is 26.8 Å². The molecular formula is C13H24O3Si. The first-order chi connectivity index (χ1) is 7.72. The van der Waals surface area contributed by atoms with Gasteiger partial charge in [-0.05, 0) is 18.1 Å². The smallest absolute Gasteiger partial charge is 0.330 e. The molecule has 0 amide bonds. The van der Waals surface area contributed by atoms with Crippen LogP contribution in [0.4, 0.5) is 0 Å². The Hall–Kier alpha value is -0.613. The first-order valence-electron chi connectivity index (χ1n) is 6.23. The summed E-state index contributed by atoms with van der Waals surface area (Å²) in [5, 5.41) is 0.232. The summed E-state index contributed by atoms with van der Waals surface area (Å²) in [4.78, 5) is 11.1. The fourth-order valence-corrected chi connectivity index (χ4v) is 2.47. The summed E-state index contributed by atoms with van der Waals surface area (Å²) in [6.45, 7) is 11.8. The summed E-state index contributed by atoms with van der Waals surface area (Å²) >= 11 is 0. The lowest BCUT2D eigenvalue weighted by atomic mass is 10.1. The highest BCUT2D eigenvalue weighted by Gasteiger charge is 2.37. The lowest BCUT2D eigenvalue weighted by Crippen LogP contribution is -2.41. The molecule has 17 heavy (non-hydrogen) atoms. The molecule has 1 aliphatic rings. The Morgan fingerprint density at radius 3 is 2.65 bits per heavy atom. The molecule has 0 N–H and O–H groups in total. The highest BCUT2D eigenvalue weighted by Crippen LogP contribution is 2.36. The van der Waals surface area contributed by atoms with Crippen molar-refractivity contribution in [3.8, 4) is 0 Å². The molecule has 0 aromatic carbocycles. The average Bonchev–Trinajstić information content (AvgIpc) is 2.15. The van der Waals surface area contributed by atoms with Crippen LogP contribution in [0, 0.1) is 0 Å². The molecule has 0 unspecified atom stereocenters. The normalized spacial score (nSPS) is 21.5. The van der Waals surface area contributed by atoms with Crippen LogP contribution in [0.5, 0.6) is 0 Å². The standard InChI is InChI=1S/C13H24O3Si/c1-13(2,3)17(4,5)15-10-9-11-7-6-8-12(14)16-11/h6,8,11H,7,9-10H2,1-5H3/t11-/m0/s1. The molecule has 1 aliphatic heterocycles. The summed E-state index contributed by atoms with van der Waals surface area (Å²) in [5.41, 5.74) is 0. The Bertz CT molecular complexity index is 302. The van der Waals surface area contributed by atoms with Crippen molar-refractivity contribution >= 4 is 14.3 Å². The Labute approximate surface area is 105 Å². The third-order valence-corrected chi connectivity index (χ3v) is 8.18. The fraction of sp³-hybridized carbons (Fsp3) is 0.769. The third-order valence-electron chi connectivity index (χ3n) is 3.64. The Balaban J connectivity index is 2.33. The van der Waals surface area contributed by atoms with Crippen molar-refractivity contribution in [2.24, 2.45) is 0 Å².